The third-order valence-electron chi connectivity index (χ3n) is 3.83. The lowest BCUT2D eigenvalue weighted by atomic mass is 10.0. The summed E-state index contributed by atoms with van der Waals surface area (Å²) in [6, 6.07) is 6.50. The molecule has 17 heavy (non-hydrogen) atoms. The van der Waals surface area contributed by atoms with Gasteiger partial charge in [0.25, 0.3) is 0 Å². The van der Waals surface area contributed by atoms with Crippen molar-refractivity contribution in [1.82, 2.24) is 0 Å². The zero-order valence-electron chi connectivity index (χ0n) is 11.0. The largest absolute Gasteiger partial charge is 0.375 e. The average molecular weight is 233 g/mol. The molecule has 0 unspecified atom stereocenters. The molecule has 1 aliphatic carbocycles. The topological polar surface area (TPSA) is 35.2 Å². The monoisotopic (exact) mass is 233 g/mol. The van der Waals surface area contributed by atoms with E-state index in [0.717, 1.165) is 12.8 Å². The van der Waals surface area contributed by atoms with Gasteiger partial charge < -0.3 is 10.5 Å². The molecule has 0 aliphatic heterocycles. The minimum absolute atomic E-state index is 0.0558. The van der Waals surface area contributed by atoms with E-state index in [-0.39, 0.29) is 5.54 Å². The summed E-state index contributed by atoms with van der Waals surface area (Å²) in [6.07, 6.45) is 4.73. The lowest BCUT2D eigenvalue weighted by Gasteiger charge is -2.23. The first-order valence-electron chi connectivity index (χ1n) is 6.52. The van der Waals surface area contributed by atoms with Crippen LogP contribution in [0.2, 0.25) is 0 Å². The van der Waals surface area contributed by atoms with Gasteiger partial charge in [-0.1, -0.05) is 31.0 Å². The number of ether oxygens (including phenoxy) is 1. The van der Waals surface area contributed by atoms with Gasteiger partial charge in [0.2, 0.25) is 0 Å². The van der Waals surface area contributed by atoms with Gasteiger partial charge in [0.15, 0.2) is 0 Å². The maximum atomic E-state index is 6.25. The highest BCUT2D eigenvalue weighted by molar-refractivity contribution is 5.29. The molecule has 1 fully saturated rings. The van der Waals surface area contributed by atoms with Gasteiger partial charge in [0, 0.05) is 5.54 Å². The van der Waals surface area contributed by atoms with Gasteiger partial charge in [0.05, 0.1) is 13.2 Å². The van der Waals surface area contributed by atoms with Crippen LogP contribution in [-0.2, 0) is 11.3 Å². The molecule has 1 aromatic carbocycles. The van der Waals surface area contributed by atoms with Crippen LogP contribution in [-0.4, -0.2) is 12.1 Å². The lowest BCUT2D eigenvalue weighted by molar-refractivity contribution is 0.0751. The molecule has 0 spiro atoms. The summed E-state index contributed by atoms with van der Waals surface area (Å²) in [5.74, 6) is 0. The van der Waals surface area contributed by atoms with E-state index in [0.29, 0.717) is 13.2 Å². The third kappa shape index (κ3) is 3.30. The molecule has 1 aromatic rings. The fourth-order valence-corrected chi connectivity index (χ4v) is 2.49. The van der Waals surface area contributed by atoms with Crippen molar-refractivity contribution in [2.24, 2.45) is 5.73 Å². The van der Waals surface area contributed by atoms with Crippen LogP contribution >= 0.6 is 0 Å². The van der Waals surface area contributed by atoms with Crippen LogP contribution in [0.25, 0.3) is 0 Å². The fraction of sp³-hybridized carbons (Fsp3) is 0.600. The van der Waals surface area contributed by atoms with Crippen LogP contribution in [0.5, 0.6) is 0 Å². The molecular weight excluding hydrogens is 210 g/mol. The molecule has 2 rings (SSSR count). The summed E-state index contributed by atoms with van der Waals surface area (Å²) in [5, 5.41) is 0. The highest BCUT2D eigenvalue weighted by Gasteiger charge is 2.29. The summed E-state index contributed by atoms with van der Waals surface area (Å²) in [5.41, 5.74) is 10.1. The highest BCUT2D eigenvalue weighted by Crippen LogP contribution is 2.27. The maximum absolute atomic E-state index is 6.25. The van der Waals surface area contributed by atoms with Crippen LogP contribution in [0.4, 0.5) is 0 Å². The van der Waals surface area contributed by atoms with Crippen LogP contribution in [0.1, 0.15) is 42.4 Å². The van der Waals surface area contributed by atoms with Crippen LogP contribution in [0.15, 0.2) is 18.2 Å². The number of hydrogen-bond donors (Lipinski definition) is 1. The van der Waals surface area contributed by atoms with Crippen LogP contribution in [0, 0.1) is 13.8 Å². The predicted octanol–water partition coefficient (Wildman–Crippen LogP) is 3.09. The summed E-state index contributed by atoms with van der Waals surface area (Å²) >= 11 is 0. The molecule has 0 saturated heterocycles. The molecule has 0 bridgehead atoms. The van der Waals surface area contributed by atoms with Crippen molar-refractivity contribution in [1.29, 1.82) is 0 Å². The number of rotatable bonds is 4. The number of nitrogens with two attached hydrogens (primary N) is 1. The molecule has 0 heterocycles. The zero-order valence-corrected chi connectivity index (χ0v) is 11.0. The van der Waals surface area contributed by atoms with E-state index in [9.17, 15) is 0 Å². The second kappa shape index (κ2) is 5.19. The van der Waals surface area contributed by atoms with Gasteiger partial charge in [0.1, 0.15) is 0 Å². The van der Waals surface area contributed by atoms with E-state index in [1.807, 2.05) is 0 Å². The Morgan fingerprint density at radius 1 is 1.18 bits per heavy atom. The van der Waals surface area contributed by atoms with E-state index < -0.39 is 0 Å². The number of benzene rings is 1. The molecular formula is C15H23NO. The summed E-state index contributed by atoms with van der Waals surface area (Å²) < 4.78 is 5.78. The quantitative estimate of drug-likeness (QED) is 0.867. The van der Waals surface area contributed by atoms with E-state index in [4.69, 9.17) is 10.5 Å². The molecule has 2 nitrogen and oxygen atoms in total. The smallest absolute Gasteiger partial charge is 0.0717 e. The Bertz CT molecular complexity index is 381. The molecule has 1 saturated carbocycles. The van der Waals surface area contributed by atoms with Gasteiger partial charge in [-0.25, -0.2) is 0 Å². The first-order valence-corrected chi connectivity index (χ1v) is 6.52. The molecule has 0 amide bonds. The SMILES string of the molecule is Cc1ccc(COCC2(N)CCCC2)cc1C. The Hall–Kier alpha value is -0.860. The second-order valence-electron chi connectivity index (χ2n) is 5.48. The number of hydrogen-bond acceptors (Lipinski definition) is 2. The van der Waals surface area contributed by atoms with Gasteiger partial charge in [-0.3, -0.25) is 0 Å². The Balaban J connectivity index is 1.83. The Morgan fingerprint density at radius 2 is 1.88 bits per heavy atom. The van der Waals surface area contributed by atoms with Gasteiger partial charge in [-0.05, 0) is 43.4 Å². The van der Waals surface area contributed by atoms with E-state index in [1.165, 1.54) is 29.5 Å². The standard InChI is InChI=1S/C15H23NO/c1-12-5-6-14(9-13(12)2)10-17-11-15(16)7-3-4-8-15/h5-6,9H,3-4,7-8,10-11,16H2,1-2H3. The van der Waals surface area contributed by atoms with Crippen molar-refractivity contribution >= 4 is 0 Å². The van der Waals surface area contributed by atoms with Gasteiger partial charge in [-0.2, -0.15) is 0 Å². The average Bonchev–Trinajstić information content (AvgIpc) is 2.71. The van der Waals surface area contributed by atoms with Crippen molar-refractivity contribution in [2.75, 3.05) is 6.61 Å². The van der Waals surface area contributed by atoms with Crippen LogP contribution in [0.3, 0.4) is 0 Å². The van der Waals surface area contributed by atoms with Crippen molar-refractivity contribution in [3.8, 4) is 0 Å². The van der Waals surface area contributed by atoms with Gasteiger partial charge in [-0.15, -0.1) is 0 Å². The molecule has 0 aromatic heterocycles. The Kier molecular flexibility index (Phi) is 3.85. The molecule has 1 aliphatic rings. The molecule has 2 heteroatoms. The number of aryl methyl sites for hydroxylation is 2. The van der Waals surface area contributed by atoms with Crippen LogP contribution < -0.4 is 5.73 Å². The van der Waals surface area contributed by atoms with Crippen molar-refractivity contribution < 1.29 is 4.74 Å². The summed E-state index contributed by atoms with van der Waals surface area (Å²) in [4.78, 5) is 0. The molecule has 94 valence electrons. The minimum Gasteiger partial charge on any atom is -0.375 e. The van der Waals surface area contributed by atoms with Crippen molar-refractivity contribution in [2.45, 2.75) is 51.7 Å². The molecule has 2 N–H and O–H groups in total. The van der Waals surface area contributed by atoms with E-state index in [2.05, 4.69) is 32.0 Å². The summed E-state index contributed by atoms with van der Waals surface area (Å²) in [6.45, 7) is 5.65. The third-order valence-corrected chi connectivity index (χ3v) is 3.83. The first kappa shape index (κ1) is 12.6. The highest BCUT2D eigenvalue weighted by atomic mass is 16.5. The minimum atomic E-state index is -0.0558. The Labute approximate surface area is 104 Å². The molecule has 0 atom stereocenters. The first-order chi connectivity index (χ1) is 8.09. The van der Waals surface area contributed by atoms with Crippen molar-refractivity contribution in [3.63, 3.8) is 0 Å². The fourth-order valence-electron chi connectivity index (χ4n) is 2.49. The van der Waals surface area contributed by atoms with Gasteiger partial charge >= 0.3 is 0 Å². The van der Waals surface area contributed by atoms with E-state index >= 15 is 0 Å². The molecule has 0 radical (unpaired) electrons. The maximum Gasteiger partial charge on any atom is 0.0717 e. The zero-order chi connectivity index (χ0) is 12.3. The summed E-state index contributed by atoms with van der Waals surface area (Å²) in [7, 11) is 0. The predicted molar refractivity (Wildman–Crippen MR) is 71.0 cm³/mol. The van der Waals surface area contributed by atoms with Crippen molar-refractivity contribution in [3.05, 3.63) is 34.9 Å². The normalized spacial score (nSPS) is 18.5. The second-order valence-corrected chi connectivity index (χ2v) is 5.48. The Morgan fingerprint density at radius 3 is 2.53 bits per heavy atom. The lowest BCUT2D eigenvalue weighted by Crippen LogP contribution is -2.41. The van der Waals surface area contributed by atoms with E-state index in [1.54, 1.807) is 0 Å².